The third kappa shape index (κ3) is 5.25. The molecule has 1 aliphatic heterocycles. The highest BCUT2D eigenvalue weighted by molar-refractivity contribution is 14.1. The van der Waals surface area contributed by atoms with Crippen LogP contribution >= 0.6 is 45.5 Å². The number of halogens is 2. The SMILES string of the molecule is CC1(C)CNC(=O)c2sc(Nc3ccc(I)cc3Cl)c(C(=N)NCC(O)CO)c2C1. The van der Waals surface area contributed by atoms with Crippen molar-refractivity contribution < 1.29 is 15.0 Å². The maximum Gasteiger partial charge on any atom is 0.261 e. The molecule has 6 N–H and O–H groups in total. The highest BCUT2D eigenvalue weighted by Gasteiger charge is 2.33. The summed E-state index contributed by atoms with van der Waals surface area (Å²) in [5.41, 5.74) is 1.87. The van der Waals surface area contributed by atoms with Gasteiger partial charge in [-0.2, -0.15) is 0 Å². The molecule has 1 amide bonds. The van der Waals surface area contributed by atoms with Crippen LogP contribution in [-0.4, -0.2) is 47.8 Å². The Labute approximate surface area is 197 Å². The first kappa shape index (κ1) is 23.3. The van der Waals surface area contributed by atoms with E-state index in [4.69, 9.17) is 22.1 Å². The summed E-state index contributed by atoms with van der Waals surface area (Å²) in [7, 11) is 0. The van der Waals surface area contributed by atoms with Gasteiger partial charge in [0.15, 0.2) is 0 Å². The van der Waals surface area contributed by atoms with Gasteiger partial charge in [0, 0.05) is 16.7 Å². The van der Waals surface area contributed by atoms with E-state index in [1.165, 1.54) is 11.3 Å². The van der Waals surface area contributed by atoms with Crippen molar-refractivity contribution in [3.05, 3.63) is 42.8 Å². The maximum atomic E-state index is 12.7. The number of nitrogens with one attached hydrogen (secondary N) is 4. The summed E-state index contributed by atoms with van der Waals surface area (Å²) in [5.74, 6) is -0.0820. The molecule has 3 rings (SSSR count). The zero-order valence-electron chi connectivity index (χ0n) is 16.6. The van der Waals surface area contributed by atoms with Crippen LogP contribution in [-0.2, 0) is 6.42 Å². The second-order valence-corrected chi connectivity index (χ2v) is 10.7. The van der Waals surface area contributed by atoms with Crippen LogP contribution in [0.4, 0.5) is 10.7 Å². The van der Waals surface area contributed by atoms with E-state index in [1.807, 2.05) is 18.2 Å². The molecule has 1 aliphatic rings. The van der Waals surface area contributed by atoms with E-state index in [9.17, 15) is 9.90 Å². The van der Waals surface area contributed by atoms with Crippen LogP contribution in [0, 0.1) is 14.4 Å². The van der Waals surface area contributed by atoms with E-state index in [0.29, 0.717) is 39.1 Å². The molecule has 1 aromatic carbocycles. The molecule has 0 aliphatic carbocycles. The number of hydrogen-bond donors (Lipinski definition) is 6. The lowest BCUT2D eigenvalue weighted by molar-refractivity contribution is 0.0948. The lowest BCUT2D eigenvalue weighted by atomic mass is 9.85. The Hall–Kier alpha value is -1.40. The summed E-state index contributed by atoms with van der Waals surface area (Å²) in [4.78, 5) is 13.3. The van der Waals surface area contributed by atoms with Gasteiger partial charge >= 0.3 is 0 Å². The fraction of sp³-hybridized carbons (Fsp3) is 0.400. The summed E-state index contributed by atoms with van der Waals surface area (Å²) in [6.07, 6.45) is -0.369. The maximum absolute atomic E-state index is 12.7. The van der Waals surface area contributed by atoms with Crippen LogP contribution in [0.1, 0.15) is 34.6 Å². The number of fused-ring (bicyclic) bond motifs is 1. The van der Waals surface area contributed by atoms with Gasteiger partial charge in [-0.25, -0.2) is 0 Å². The molecule has 0 bridgehead atoms. The van der Waals surface area contributed by atoms with Crippen molar-refractivity contribution in [1.82, 2.24) is 10.6 Å². The van der Waals surface area contributed by atoms with Crippen molar-refractivity contribution in [2.45, 2.75) is 26.4 Å². The first-order valence-corrected chi connectivity index (χ1v) is 11.7. The minimum absolute atomic E-state index is 0.0271. The molecule has 2 aromatic rings. The van der Waals surface area contributed by atoms with Crippen molar-refractivity contribution in [2.24, 2.45) is 5.41 Å². The Bertz CT molecular complexity index is 979. The van der Waals surface area contributed by atoms with Crippen LogP contribution in [0.5, 0.6) is 0 Å². The van der Waals surface area contributed by atoms with Crippen LogP contribution in [0.15, 0.2) is 18.2 Å². The first-order valence-electron chi connectivity index (χ1n) is 9.39. The lowest BCUT2D eigenvalue weighted by Crippen LogP contribution is -2.35. The van der Waals surface area contributed by atoms with Crippen molar-refractivity contribution in [3.63, 3.8) is 0 Å². The summed E-state index contributed by atoms with van der Waals surface area (Å²) in [6.45, 7) is 4.31. The minimum atomic E-state index is -0.982. The molecular weight excluding hydrogens is 539 g/mol. The molecule has 0 saturated heterocycles. The van der Waals surface area contributed by atoms with Crippen molar-refractivity contribution in [2.75, 3.05) is 25.0 Å². The van der Waals surface area contributed by atoms with Gasteiger partial charge in [0.25, 0.3) is 5.91 Å². The predicted octanol–water partition coefficient (Wildman–Crippen LogP) is 3.33. The quantitative estimate of drug-likeness (QED) is 0.184. The molecule has 1 atom stereocenters. The molecule has 0 fully saturated rings. The van der Waals surface area contributed by atoms with Gasteiger partial charge in [0.05, 0.1) is 33.9 Å². The van der Waals surface area contributed by atoms with Gasteiger partial charge in [-0.15, -0.1) is 11.3 Å². The number of amides is 1. The van der Waals surface area contributed by atoms with Gasteiger partial charge in [-0.3, -0.25) is 10.2 Å². The largest absolute Gasteiger partial charge is 0.394 e. The van der Waals surface area contributed by atoms with E-state index in [-0.39, 0.29) is 23.7 Å². The summed E-state index contributed by atoms with van der Waals surface area (Å²) >= 11 is 9.85. The van der Waals surface area contributed by atoms with Crippen molar-refractivity contribution >= 4 is 68.0 Å². The van der Waals surface area contributed by atoms with Gasteiger partial charge in [-0.05, 0) is 58.2 Å². The van der Waals surface area contributed by atoms with E-state index in [1.54, 1.807) is 0 Å². The molecule has 0 spiro atoms. The normalized spacial score (nSPS) is 16.3. The third-order valence-electron chi connectivity index (χ3n) is 4.75. The summed E-state index contributed by atoms with van der Waals surface area (Å²) < 4.78 is 0.999. The molecule has 2 heterocycles. The van der Waals surface area contributed by atoms with Gasteiger partial charge in [0.2, 0.25) is 0 Å². The van der Waals surface area contributed by atoms with E-state index < -0.39 is 12.7 Å². The Morgan fingerprint density at radius 3 is 2.87 bits per heavy atom. The number of benzene rings is 1. The van der Waals surface area contributed by atoms with Gasteiger partial charge in [0.1, 0.15) is 10.8 Å². The van der Waals surface area contributed by atoms with E-state index in [0.717, 1.165) is 9.13 Å². The third-order valence-corrected chi connectivity index (χ3v) is 6.88. The second kappa shape index (κ2) is 9.39. The number of aliphatic hydroxyl groups is 2. The number of anilines is 2. The second-order valence-electron chi connectivity index (χ2n) is 7.98. The number of amidine groups is 1. The fourth-order valence-electron chi connectivity index (χ4n) is 3.20. The van der Waals surface area contributed by atoms with Gasteiger partial charge < -0.3 is 26.2 Å². The monoisotopic (exact) mass is 562 g/mol. The van der Waals surface area contributed by atoms with E-state index >= 15 is 0 Å². The Morgan fingerprint density at radius 2 is 2.20 bits per heavy atom. The average molecular weight is 563 g/mol. The molecule has 162 valence electrons. The lowest BCUT2D eigenvalue weighted by Gasteiger charge is -2.23. The highest BCUT2D eigenvalue weighted by atomic mass is 127. The molecule has 1 aromatic heterocycles. The Kier molecular flexibility index (Phi) is 7.28. The molecule has 0 saturated carbocycles. The first-order chi connectivity index (χ1) is 14.1. The highest BCUT2D eigenvalue weighted by Crippen LogP contribution is 2.41. The number of carbonyl (C=O) groups excluding carboxylic acids is 1. The number of thiophene rings is 1. The molecule has 30 heavy (non-hydrogen) atoms. The zero-order valence-corrected chi connectivity index (χ0v) is 20.3. The molecule has 7 nitrogen and oxygen atoms in total. The van der Waals surface area contributed by atoms with E-state index in [2.05, 4.69) is 52.4 Å². The van der Waals surface area contributed by atoms with Gasteiger partial charge in [-0.1, -0.05) is 25.4 Å². The fourth-order valence-corrected chi connectivity index (χ4v) is 5.25. The Balaban J connectivity index is 2.05. The molecular formula is C20H24ClIN4O3S. The molecule has 10 heteroatoms. The Morgan fingerprint density at radius 1 is 1.47 bits per heavy atom. The van der Waals surface area contributed by atoms with Crippen LogP contribution in [0.2, 0.25) is 5.02 Å². The molecule has 0 radical (unpaired) electrons. The molecule has 1 unspecified atom stereocenters. The number of rotatable bonds is 6. The number of carbonyl (C=O) groups is 1. The smallest absolute Gasteiger partial charge is 0.261 e. The predicted molar refractivity (Wildman–Crippen MR) is 130 cm³/mol. The standard InChI is InChI=1S/C20H24ClIN4O3S/c1-20(2)6-12-15(17(23)24-7-11(28)8-27)19(30-16(12)18(29)25-9-20)26-14-4-3-10(22)5-13(14)21/h3-5,11,26-28H,6-9H2,1-2H3,(H2,23,24)(H,25,29). The topological polar surface area (TPSA) is 117 Å². The van der Waals surface area contributed by atoms with Crippen LogP contribution < -0.4 is 16.0 Å². The van der Waals surface area contributed by atoms with Crippen molar-refractivity contribution in [3.8, 4) is 0 Å². The average Bonchev–Trinajstić information content (AvgIpc) is 2.98. The number of hydrogen-bond acceptors (Lipinski definition) is 6. The zero-order chi connectivity index (χ0) is 22.1. The number of aliphatic hydroxyl groups excluding tert-OH is 2. The van der Waals surface area contributed by atoms with Crippen LogP contribution in [0.3, 0.4) is 0 Å². The van der Waals surface area contributed by atoms with Crippen LogP contribution in [0.25, 0.3) is 0 Å². The van der Waals surface area contributed by atoms with Crippen molar-refractivity contribution in [1.29, 1.82) is 5.41 Å². The minimum Gasteiger partial charge on any atom is -0.394 e. The summed E-state index contributed by atoms with van der Waals surface area (Å²) in [5, 5.41) is 37.7. The summed E-state index contributed by atoms with van der Waals surface area (Å²) in [6, 6.07) is 5.61.